The number of allylic oxidation sites excluding steroid dienone is 3. The van der Waals surface area contributed by atoms with Crippen LogP contribution in [0.2, 0.25) is 0 Å². The first-order valence-electron chi connectivity index (χ1n) is 3.31. The summed E-state index contributed by atoms with van der Waals surface area (Å²) in [5.41, 5.74) is -0.511. The third kappa shape index (κ3) is 2.01. The van der Waals surface area contributed by atoms with E-state index in [0.29, 0.717) is 5.70 Å². The minimum Gasteiger partial charge on any atom is -0.370 e. The lowest BCUT2D eigenvalue weighted by atomic mass is 10.1. The minimum absolute atomic E-state index is 0.303. The molecule has 1 aliphatic rings. The number of aliphatic hydroxyl groups excluding tert-OH is 1. The molecule has 0 aliphatic carbocycles. The first kappa shape index (κ1) is 9.12. The Morgan fingerprint density at radius 3 is 2.50 bits per heavy atom. The summed E-state index contributed by atoms with van der Waals surface area (Å²) in [6, 6.07) is 0. The lowest BCUT2D eigenvalue weighted by Gasteiger charge is -2.19. The van der Waals surface area contributed by atoms with Gasteiger partial charge in [-0.2, -0.15) is 13.2 Å². The van der Waals surface area contributed by atoms with Crippen LogP contribution in [0.4, 0.5) is 13.2 Å². The predicted molar refractivity (Wildman–Crippen MR) is 37.0 cm³/mol. The van der Waals surface area contributed by atoms with Gasteiger partial charge in [0.2, 0.25) is 0 Å². The molecule has 2 N–H and O–H groups in total. The lowest BCUT2D eigenvalue weighted by Crippen LogP contribution is -2.30. The highest BCUT2D eigenvalue weighted by atomic mass is 19.4. The second kappa shape index (κ2) is 2.82. The van der Waals surface area contributed by atoms with Crippen LogP contribution in [0, 0.1) is 0 Å². The van der Waals surface area contributed by atoms with Crippen LogP contribution in [-0.2, 0) is 0 Å². The maximum absolute atomic E-state index is 12.0. The van der Waals surface area contributed by atoms with Crippen molar-refractivity contribution in [3.05, 3.63) is 23.4 Å². The predicted octanol–water partition coefficient (Wildman–Crippen LogP) is 1.30. The Morgan fingerprint density at radius 2 is 2.08 bits per heavy atom. The van der Waals surface area contributed by atoms with E-state index in [2.05, 4.69) is 5.32 Å². The van der Waals surface area contributed by atoms with Crippen molar-refractivity contribution in [2.45, 2.75) is 19.3 Å². The van der Waals surface area contributed by atoms with Crippen LogP contribution < -0.4 is 5.32 Å². The zero-order valence-corrected chi connectivity index (χ0v) is 6.31. The van der Waals surface area contributed by atoms with Gasteiger partial charge in [-0.15, -0.1) is 0 Å². The summed E-state index contributed by atoms with van der Waals surface area (Å²) in [6.07, 6.45) is -3.95. The third-order valence-electron chi connectivity index (χ3n) is 1.41. The van der Waals surface area contributed by atoms with Crippen molar-refractivity contribution < 1.29 is 18.3 Å². The summed E-state index contributed by atoms with van der Waals surface area (Å²) < 4.78 is 36.1. The van der Waals surface area contributed by atoms with E-state index in [0.717, 1.165) is 12.2 Å². The van der Waals surface area contributed by atoms with Crippen molar-refractivity contribution in [1.29, 1.82) is 0 Å². The Morgan fingerprint density at radius 1 is 1.50 bits per heavy atom. The van der Waals surface area contributed by atoms with Gasteiger partial charge in [-0.05, 0) is 19.1 Å². The van der Waals surface area contributed by atoms with Crippen LogP contribution in [0.3, 0.4) is 0 Å². The normalized spacial score (nSPS) is 24.2. The first-order valence-corrected chi connectivity index (χ1v) is 3.31. The summed E-state index contributed by atoms with van der Waals surface area (Å²) in [7, 11) is 0. The zero-order valence-electron chi connectivity index (χ0n) is 6.31. The molecule has 0 spiro atoms. The molecule has 1 rings (SSSR count). The Bertz CT molecular complexity index is 242. The van der Waals surface area contributed by atoms with E-state index in [4.69, 9.17) is 5.11 Å². The van der Waals surface area contributed by atoms with Gasteiger partial charge in [-0.25, -0.2) is 0 Å². The summed E-state index contributed by atoms with van der Waals surface area (Å²) in [6.45, 7) is 1.46. The van der Waals surface area contributed by atoms with Crippen LogP contribution in [0.5, 0.6) is 0 Å². The number of alkyl halides is 3. The van der Waals surface area contributed by atoms with E-state index in [1.807, 2.05) is 0 Å². The molecule has 0 aromatic carbocycles. The summed E-state index contributed by atoms with van der Waals surface area (Å²) in [5, 5.41) is 11.3. The molecular formula is C7H8F3NO. The summed E-state index contributed by atoms with van der Waals surface area (Å²) in [5.74, 6) is 0. The molecule has 12 heavy (non-hydrogen) atoms. The van der Waals surface area contributed by atoms with E-state index in [1.54, 1.807) is 0 Å². The molecule has 0 aromatic rings. The molecule has 68 valence electrons. The third-order valence-corrected chi connectivity index (χ3v) is 1.41. The maximum Gasteiger partial charge on any atom is 0.416 e. The molecule has 0 amide bonds. The fraction of sp³-hybridized carbons (Fsp3) is 0.429. The van der Waals surface area contributed by atoms with Crippen molar-refractivity contribution >= 4 is 0 Å². The first-order chi connectivity index (χ1) is 5.39. The van der Waals surface area contributed by atoms with Gasteiger partial charge >= 0.3 is 6.18 Å². The topological polar surface area (TPSA) is 32.3 Å². The van der Waals surface area contributed by atoms with Crippen molar-refractivity contribution in [2.75, 3.05) is 0 Å². The number of aliphatic hydroxyl groups is 1. The smallest absolute Gasteiger partial charge is 0.370 e. The van der Waals surface area contributed by atoms with E-state index >= 15 is 0 Å². The monoisotopic (exact) mass is 179 g/mol. The average Bonchev–Trinajstić information content (AvgIpc) is 1.82. The minimum atomic E-state index is -4.38. The molecule has 0 bridgehead atoms. The van der Waals surface area contributed by atoms with Gasteiger partial charge in [0.1, 0.15) is 6.23 Å². The fourth-order valence-electron chi connectivity index (χ4n) is 0.944. The number of dihydropyridines is 1. The number of rotatable bonds is 0. The largest absolute Gasteiger partial charge is 0.416 e. The van der Waals surface area contributed by atoms with Crippen molar-refractivity contribution in [1.82, 2.24) is 5.32 Å². The second-order valence-electron chi connectivity index (χ2n) is 2.54. The Labute approximate surface area is 67.4 Å². The van der Waals surface area contributed by atoms with Gasteiger partial charge in [0.15, 0.2) is 0 Å². The molecule has 0 saturated carbocycles. The number of hydrogen-bond donors (Lipinski definition) is 2. The molecule has 0 saturated heterocycles. The van der Waals surface area contributed by atoms with Gasteiger partial charge in [0.05, 0.1) is 5.57 Å². The van der Waals surface area contributed by atoms with Crippen LogP contribution in [0.1, 0.15) is 6.92 Å². The highest BCUT2D eigenvalue weighted by molar-refractivity contribution is 5.31. The highest BCUT2D eigenvalue weighted by Gasteiger charge is 2.34. The molecule has 0 radical (unpaired) electrons. The van der Waals surface area contributed by atoms with Gasteiger partial charge < -0.3 is 10.4 Å². The molecule has 1 aliphatic heterocycles. The van der Waals surface area contributed by atoms with Crippen molar-refractivity contribution in [3.63, 3.8) is 0 Å². The molecule has 0 fully saturated rings. The van der Waals surface area contributed by atoms with Crippen molar-refractivity contribution in [3.8, 4) is 0 Å². The maximum atomic E-state index is 12.0. The Kier molecular flexibility index (Phi) is 2.14. The van der Waals surface area contributed by atoms with Gasteiger partial charge in [0.25, 0.3) is 0 Å². The second-order valence-corrected chi connectivity index (χ2v) is 2.54. The van der Waals surface area contributed by atoms with Crippen LogP contribution in [0.25, 0.3) is 0 Å². The number of halogens is 3. The quantitative estimate of drug-likeness (QED) is 0.587. The zero-order chi connectivity index (χ0) is 9.35. The van der Waals surface area contributed by atoms with E-state index in [1.165, 1.54) is 6.92 Å². The summed E-state index contributed by atoms with van der Waals surface area (Å²) >= 11 is 0. The van der Waals surface area contributed by atoms with Gasteiger partial charge in [0, 0.05) is 5.70 Å². The molecule has 1 unspecified atom stereocenters. The van der Waals surface area contributed by atoms with Crippen molar-refractivity contribution in [2.24, 2.45) is 0 Å². The summed E-state index contributed by atoms with van der Waals surface area (Å²) in [4.78, 5) is 0. The van der Waals surface area contributed by atoms with Gasteiger partial charge in [-0.3, -0.25) is 0 Å². The molecule has 1 heterocycles. The lowest BCUT2D eigenvalue weighted by molar-refractivity contribution is -0.0897. The van der Waals surface area contributed by atoms with Crippen LogP contribution >= 0.6 is 0 Å². The SMILES string of the molecule is CC1=CC(C(F)(F)F)=CC(O)N1. The molecule has 5 heteroatoms. The Hall–Kier alpha value is -0.970. The molecule has 2 nitrogen and oxygen atoms in total. The van der Waals surface area contributed by atoms with E-state index in [-0.39, 0.29) is 0 Å². The number of nitrogens with one attached hydrogen (secondary N) is 1. The van der Waals surface area contributed by atoms with Crippen LogP contribution in [-0.4, -0.2) is 17.5 Å². The fourth-order valence-corrected chi connectivity index (χ4v) is 0.944. The van der Waals surface area contributed by atoms with Gasteiger partial charge in [-0.1, -0.05) is 0 Å². The van der Waals surface area contributed by atoms with E-state index < -0.39 is 18.0 Å². The molecular weight excluding hydrogens is 171 g/mol. The highest BCUT2D eigenvalue weighted by Crippen LogP contribution is 2.28. The standard InChI is InChI=1S/C7H8F3NO/c1-4-2-5(7(8,9)10)3-6(12)11-4/h2-3,6,11-12H,1H3. The Balaban J connectivity index is 2.91. The number of hydrogen-bond acceptors (Lipinski definition) is 2. The average molecular weight is 179 g/mol. The van der Waals surface area contributed by atoms with E-state index in [9.17, 15) is 13.2 Å². The van der Waals surface area contributed by atoms with Crippen LogP contribution in [0.15, 0.2) is 23.4 Å². The molecule has 1 atom stereocenters. The molecule has 0 aromatic heterocycles.